The van der Waals surface area contributed by atoms with Gasteiger partial charge in [0.1, 0.15) is 5.75 Å². The van der Waals surface area contributed by atoms with E-state index in [-0.39, 0.29) is 17.9 Å². The van der Waals surface area contributed by atoms with Crippen molar-refractivity contribution in [2.24, 2.45) is 5.92 Å². The number of nitrogens with one attached hydrogen (secondary N) is 1. The average Bonchev–Trinajstić information content (AvgIpc) is 2.44. The Hall–Kier alpha value is -1.55. The van der Waals surface area contributed by atoms with Crippen LogP contribution in [0.25, 0.3) is 0 Å². The Kier molecular flexibility index (Phi) is 6.36. The Balaban J connectivity index is 2.55. The van der Waals surface area contributed by atoms with Gasteiger partial charge in [-0.2, -0.15) is 0 Å². The maximum Gasteiger partial charge on any atom is 0.309 e. The van der Waals surface area contributed by atoms with Crippen LogP contribution in [-0.4, -0.2) is 26.2 Å². The SMILES string of the molecule is CCOC(=O)C(C)CN[C@@H](C)c1ccccc1OC. The zero-order valence-corrected chi connectivity index (χ0v) is 12.1. The molecule has 4 nitrogen and oxygen atoms in total. The number of carbonyl (C=O) groups excluding carboxylic acids is 1. The minimum Gasteiger partial charge on any atom is -0.496 e. The van der Waals surface area contributed by atoms with Crippen LogP contribution in [0.4, 0.5) is 0 Å². The highest BCUT2D eigenvalue weighted by atomic mass is 16.5. The van der Waals surface area contributed by atoms with Crippen molar-refractivity contribution in [3.63, 3.8) is 0 Å². The van der Waals surface area contributed by atoms with Crippen molar-refractivity contribution < 1.29 is 14.3 Å². The Morgan fingerprint density at radius 1 is 1.32 bits per heavy atom. The van der Waals surface area contributed by atoms with Crippen molar-refractivity contribution in [3.8, 4) is 5.75 Å². The van der Waals surface area contributed by atoms with Gasteiger partial charge in [-0.25, -0.2) is 0 Å². The van der Waals surface area contributed by atoms with E-state index in [4.69, 9.17) is 9.47 Å². The van der Waals surface area contributed by atoms with E-state index in [2.05, 4.69) is 12.2 Å². The summed E-state index contributed by atoms with van der Waals surface area (Å²) in [5.41, 5.74) is 1.08. The first-order valence-electron chi connectivity index (χ1n) is 6.63. The Morgan fingerprint density at radius 3 is 2.63 bits per heavy atom. The molecule has 2 atom stereocenters. The summed E-state index contributed by atoms with van der Waals surface area (Å²) < 4.78 is 10.3. The van der Waals surface area contributed by atoms with Gasteiger partial charge in [-0.15, -0.1) is 0 Å². The maximum atomic E-state index is 11.5. The van der Waals surface area contributed by atoms with E-state index in [9.17, 15) is 4.79 Å². The molecular formula is C15H23NO3. The lowest BCUT2D eigenvalue weighted by Crippen LogP contribution is -2.30. The summed E-state index contributed by atoms with van der Waals surface area (Å²) in [5, 5.41) is 3.33. The van der Waals surface area contributed by atoms with Gasteiger partial charge in [-0.3, -0.25) is 4.79 Å². The zero-order valence-electron chi connectivity index (χ0n) is 12.1. The molecule has 0 spiro atoms. The molecule has 0 saturated carbocycles. The summed E-state index contributed by atoms with van der Waals surface area (Å²) in [7, 11) is 1.66. The summed E-state index contributed by atoms with van der Waals surface area (Å²) in [5.74, 6) is 0.533. The van der Waals surface area contributed by atoms with Gasteiger partial charge in [0.2, 0.25) is 0 Å². The molecule has 1 aromatic carbocycles. The molecule has 0 saturated heterocycles. The van der Waals surface area contributed by atoms with Crippen LogP contribution >= 0.6 is 0 Å². The van der Waals surface area contributed by atoms with Gasteiger partial charge in [-0.05, 0) is 19.9 Å². The molecule has 0 amide bonds. The van der Waals surface area contributed by atoms with Crippen LogP contribution in [0, 0.1) is 5.92 Å². The number of esters is 1. The second-order valence-electron chi connectivity index (χ2n) is 4.52. The molecule has 4 heteroatoms. The van der Waals surface area contributed by atoms with Crippen LogP contribution in [0.5, 0.6) is 5.75 Å². The molecule has 106 valence electrons. The van der Waals surface area contributed by atoms with Crippen LogP contribution in [-0.2, 0) is 9.53 Å². The van der Waals surface area contributed by atoms with Gasteiger partial charge in [0.25, 0.3) is 0 Å². The van der Waals surface area contributed by atoms with Gasteiger partial charge in [0.05, 0.1) is 19.6 Å². The highest BCUT2D eigenvalue weighted by Gasteiger charge is 2.16. The molecule has 0 fully saturated rings. The van der Waals surface area contributed by atoms with Crippen LogP contribution < -0.4 is 10.1 Å². The molecule has 0 bridgehead atoms. The second kappa shape index (κ2) is 7.79. The lowest BCUT2D eigenvalue weighted by molar-refractivity contribution is -0.147. The molecule has 1 N–H and O–H groups in total. The van der Waals surface area contributed by atoms with Crippen molar-refractivity contribution in [2.45, 2.75) is 26.8 Å². The number of methoxy groups -OCH3 is 1. The third kappa shape index (κ3) is 4.56. The predicted molar refractivity (Wildman–Crippen MR) is 75.2 cm³/mol. The maximum absolute atomic E-state index is 11.5. The van der Waals surface area contributed by atoms with Crippen LogP contribution in [0.1, 0.15) is 32.4 Å². The zero-order chi connectivity index (χ0) is 14.3. The fourth-order valence-electron chi connectivity index (χ4n) is 1.86. The molecule has 0 aromatic heterocycles. The molecule has 0 aliphatic rings. The number of benzene rings is 1. The lowest BCUT2D eigenvalue weighted by atomic mass is 10.1. The molecular weight excluding hydrogens is 242 g/mol. The fourth-order valence-corrected chi connectivity index (χ4v) is 1.86. The Bertz CT molecular complexity index is 406. The standard InChI is InChI=1S/C15H23NO3/c1-5-19-15(17)11(2)10-16-12(3)13-8-6-7-9-14(13)18-4/h6-9,11-12,16H,5,10H2,1-4H3/t11?,12-/m0/s1. The van der Waals surface area contributed by atoms with Crippen molar-refractivity contribution in [3.05, 3.63) is 29.8 Å². The summed E-state index contributed by atoms with van der Waals surface area (Å²) in [6.45, 7) is 6.73. The summed E-state index contributed by atoms with van der Waals surface area (Å²) >= 11 is 0. The van der Waals surface area contributed by atoms with Crippen molar-refractivity contribution in [1.82, 2.24) is 5.32 Å². The van der Waals surface area contributed by atoms with E-state index in [1.54, 1.807) is 7.11 Å². The number of rotatable bonds is 7. The molecule has 1 rings (SSSR count). The van der Waals surface area contributed by atoms with E-state index in [0.717, 1.165) is 11.3 Å². The van der Waals surface area contributed by atoms with Crippen molar-refractivity contribution >= 4 is 5.97 Å². The molecule has 0 aliphatic carbocycles. The molecule has 0 aliphatic heterocycles. The van der Waals surface area contributed by atoms with Gasteiger partial charge in [-0.1, -0.05) is 25.1 Å². The van der Waals surface area contributed by atoms with Crippen LogP contribution in [0.3, 0.4) is 0 Å². The first-order valence-corrected chi connectivity index (χ1v) is 6.63. The van der Waals surface area contributed by atoms with E-state index in [0.29, 0.717) is 13.2 Å². The number of ether oxygens (including phenoxy) is 2. The molecule has 0 radical (unpaired) electrons. The number of para-hydroxylation sites is 1. The van der Waals surface area contributed by atoms with Crippen molar-refractivity contribution in [2.75, 3.05) is 20.3 Å². The van der Waals surface area contributed by atoms with E-state index < -0.39 is 0 Å². The molecule has 0 heterocycles. The number of hydrogen-bond donors (Lipinski definition) is 1. The number of hydrogen-bond acceptors (Lipinski definition) is 4. The van der Waals surface area contributed by atoms with E-state index in [1.165, 1.54) is 0 Å². The Labute approximate surface area is 115 Å². The van der Waals surface area contributed by atoms with Crippen molar-refractivity contribution in [1.29, 1.82) is 0 Å². The normalized spacial score (nSPS) is 13.7. The number of carbonyl (C=O) groups is 1. The summed E-state index contributed by atoms with van der Waals surface area (Å²) in [4.78, 5) is 11.5. The van der Waals surface area contributed by atoms with Gasteiger partial charge in [0.15, 0.2) is 0 Å². The molecule has 19 heavy (non-hydrogen) atoms. The van der Waals surface area contributed by atoms with E-state index >= 15 is 0 Å². The first-order chi connectivity index (χ1) is 9.10. The first kappa shape index (κ1) is 15.5. The molecule has 1 unspecified atom stereocenters. The lowest BCUT2D eigenvalue weighted by Gasteiger charge is -2.19. The minimum absolute atomic E-state index is 0.119. The van der Waals surface area contributed by atoms with Crippen LogP contribution in [0.15, 0.2) is 24.3 Å². The fraction of sp³-hybridized carbons (Fsp3) is 0.533. The summed E-state index contributed by atoms with van der Waals surface area (Å²) in [6.07, 6.45) is 0. The third-order valence-electron chi connectivity index (χ3n) is 3.02. The topological polar surface area (TPSA) is 47.6 Å². The van der Waals surface area contributed by atoms with Gasteiger partial charge < -0.3 is 14.8 Å². The largest absolute Gasteiger partial charge is 0.496 e. The van der Waals surface area contributed by atoms with Gasteiger partial charge in [0, 0.05) is 18.2 Å². The highest BCUT2D eigenvalue weighted by Crippen LogP contribution is 2.24. The smallest absolute Gasteiger partial charge is 0.309 e. The third-order valence-corrected chi connectivity index (χ3v) is 3.02. The quantitative estimate of drug-likeness (QED) is 0.770. The minimum atomic E-state index is -0.165. The molecule has 1 aromatic rings. The predicted octanol–water partition coefficient (Wildman–Crippen LogP) is 2.55. The summed E-state index contributed by atoms with van der Waals surface area (Å²) in [6, 6.07) is 7.99. The van der Waals surface area contributed by atoms with E-state index in [1.807, 2.05) is 38.1 Å². The monoisotopic (exact) mass is 265 g/mol. The second-order valence-corrected chi connectivity index (χ2v) is 4.52. The highest BCUT2D eigenvalue weighted by molar-refractivity contribution is 5.72. The van der Waals surface area contributed by atoms with Crippen LogP contribution in [0.2, 0.25) is 0 Å². The Morgan fingerprint density at radius 2 is 2.00 bits per heavy atom. The van der Waals surface area contributed by atoms with Gasteiger partial charge >= 0.3 is 5.97 Å². The average molecular weight is 265 g/mol.